The van der Waals surface area contributed by atoms with Gasteiger partial charge in [-0.05, 0) is 32.0 Å². The molecule has 3 heterocycles. The van der Waals surface area contributed by atoms with E-state index in [0.29, 0.717) is 5.88 Å². The third-order valence-corrected chi connectivity index (χ3v) is 5.48. The third-order valence-electron chi connectivity index (χ3n) is 4.43. The molecule has 5 nitrogen and oxygen atoms in total. The van der Waals surface area contributed by atoms with Crippen LogP contribution in [0.3, 0.4) is 0 Å². The molecule has 0 fully saturated rings. The van der Waals surface area contributed by atoms with Crippen molar-refractivity contribution in [3.63, 3.8) is 0 Å². The number of rotatable bonds is 4. The van der Waals surface area contributed by atoms with Crippen LogP contribution in [-0.2, 0) is 13.0 Å². The summed E-state index contributed by atoms with van der Waals surface area (Å²) in [7, 11) is 0. The van der Waals surface area contributed by atoms with Crippen LogP contribution in [-0.4, -0.2) is 34.3 Å². The largest absolute Gasteiger partial charge is 0.443 e. The van der Waals surface area contributed by atoms with E-state index in [-0.39, 0.29) is 0 Å². The topological polar surface area (TPSA) is 61.5 Å². The van der Waals surface area contributed by atoms with E-state index in [9.17, 15) is 5.11 Å². The first kappa shape index (κ1) is 15.6. The number of nitrogens with one attached hydrogen (secondary N) is 1. The molecule has 24 heavy (non-hydrogen) atoms. The molecule has 0 amide bonds. The average molecular weight is 343 g/mol. The van der Waals surface area contributed by atoms with Gasteiger partial charge in [0.2, 0.25) is 5.88 Å². The van der Waals surface area contributed by atoms with Crippen molar-refractivity contribution in [1.82, 2.24) is 9.88 Å². The number of benzene rings is 1. The summed E-state index contributed by atoms with van der Waals surface area (Å²) >= 11 is 1.67. The van der Waals surface area contributed by atoms with Crippen LogP contribution in [0.2, 0.25) is 0 Å². The number of furan rings is 1. The van der Waals surface area contributed by atoms with Crippen molar-refractivity contribution >= 4 is 27.4 Å². The lowest BCUT2D eigenvalue weighted by molar-refractivity contribution is 0.217. The third kappa shape index (κ3) is 2.70. The fraction of sp³-hybridized carbons (Fsp3) is 0.389. The predicted molar refractivity (Wildman–Crippen MR) is 97.3 cm³/mol. The van der Waals surface area contributed by atoms with E-state index in [0.717, 1.165) is 52.6 Å². The molecule has 6 heteroatoms. The second kappa shape index (κ2) is 6.20. The maximum absolute atomic E-state index is 9.78. The number of aromatic nitrogens is 1. The summed E-state index contributed by atoms with van der Waals surface area (Å²) in [4.78, 5) is 7.15. The van der Waals surface area contributed by atoms with Crippen LogP contribution in [0.1, 0.15) is 25.2 Å². The highest BCUT2D eigenvalue weighted by atomic mass is 32.1. The number of hydrogen-bond acceptors (Lipinski definition) is 6. The van der Waals surface area contributed by atoms with Gasteiger partial charge in [-0.2, -0.15) is 0 Å². The van der Waals surface area contributed by atoms with Gasteiger partial charge >= 0.3 is 0 Å². The van der Waals surface area contributed by atoms with Crippen LogP contribution in [0, 0.1) is 0 Å². The average Bonchev–Trinajstić information content (AvgIpc) is 3.13. The Morgan fingerprint density at radius 1 is 1.42 bits per heavy atom. The number of anilines is 1. The zero-order valence-electron chi connectivity index (χ0n) is 13.9. The van der Waals surface area contributed by atoms with Crippen LogP contribution < -0.4 is 5.32 Å². The van der Waals surface area contributed by atoms with Gasteiger partial charge in [0.05, 0.1) is 22.3 Å². The maximum atomic E-state index is 9.78. The lowest BCUT2D eigenvalue weighted by atomic mass is 10.0. The summed E-state index contributed by atoms with van der Waals surface area (Å²) in [6.07, 6.45) is 0.271. The number of para-hydroxylation sites is 1. The standard InChI is InChI=1S/C18H21N3O2S/c1-3-21-9-8-12-14(10-21)23-17(19-11(2)22)16(12)18-20-13-6-4-5-7-15(13)24-18/h4-7,11,19,22H,3,8-10H2,1-2H3. The van der Waals surface area contributed by atoms with Crippen LogP contribution >= 0.6 is 11.3 Å². The van der Waals surface area contributed by atoms with E-state index >= 15 is 0 Å². The normalized spacial score (nSPS) is 16.3. The van der Waals surface area contributed by atoms with Crippen molar-refractivity contribution in [2.45, 2.75) is 33.0 Å². The Hall–Kier alpha value is -1.89. The Morgan fingerprint density at radius 3 is 3.00 bits per heavy atom. The molecule has 0 spiro atoms. The van der Waals surface area contributed by atoms with Gasteiger partial charge < -0.3 is 14.8 Å². The summed E-state index contributed by atoms with van der Waals surface area (Å²) in [6.45, 7) is 6.70. The monoisotopic (exact) mass is 343 g/mol. The van der Waals surface area contributed by atoms with Gasteiger partial charge in [0.1, 0.15) is 17.0 Å². The summed E-state index contributed by atoms with van der Waals surface area (Å²) in [5.41, 5.74) is 3.24. The van der Waals surface area contributed by atoms with E-state index in [1.165, 1.54) is 5.56 Å². The molecule has 126 valence electrons. The molecule has 3 aromatic rings. The molecule has 2 aromatic heterocycles. The fourth-order valence-electron chi connectivity index (χ4n) is 3.22. The first-order valence-corrected chi connectivity index (χ1v) is 9.14. The Balaban J connectivity index is 1.84. The lowest BCUT2D eigenvalue weighted by Gasteiger charge is -2.24. The Morgan fingerprint density at radius 2 is 2.25 bits per heavy atom. The molecule has 1 unspecified atom stereocenters. The SMILES string of the molecule is CCN1CCc2c(oc(NC(C)O)c2-c2nc3ccccc3s2)C1. The Bertz CT molecular complexity index is 835. The molecule has 1 atom stereocenters. The summed E-state index contributed by atoms with van der Waals surface area (Å²) < 4.78 is 7.25. The number of hydrogen-bond donors (Lipinski definition) is 2. The van der Waals surface area contributed by atoms with Crippen molar-refractivity contribution in [2.24, 2.45) is 0 Å². The summed E-state index contributed by atoms with van der Waals surface area (Å²) in [5.74, 6) is 1.62. The van der Waals surface area contributed by atoms with Crippen molar-refractivity contribution in [3.05, 3.63) is 35.6 Å². The molecule has 4 rings (SSSR count). The number of nitrogens with zero attached hydrogens (tertiary/aromatic N) is 2. The maximum Gasteiger partial charge on any atom is 0.205 e. The van der Waals surface area contributed by atoms with Crippen LogP contribution in [0.5, 0.6) is 0 Å². The second-order valence-electron chi connectivity index (χ2n) is 6.13. The van der Waals surface area contributed by atoms with Gasteiger partial charge in [-0.3, -0.25) is 4.90 Å². The first-order valence-electron chi connectivity index (χ1n) is 8.33. The molecule has 0 bridgehead atoms. The first-order chi connectivity index (χ1) is 11.7. The molecule has 0 aliphatic carbocycles. The van der Waals surface area contributed by atoms with Gasteiger partial charge in [-0.1, -0.05) is 19.1 Å². The zero-order valence-corrected chi connectivity index (χ0v) is 14.7. The van der Waals surface area contributed by atoms with E-state index < -0.39 is 6.23 Å². The van der Waals surface area contributed by atoms with Gasteiger partial charge in [-0.25, -0.2) is 4.98 Å². The molecule has 0 saturated carbocycles. The molecule has 0 saturated heterocycles. The van der Waals surface area contributed by atoms with Crippen LogP contribution in [0.4, 0.5) is 5.88 Å². The summed E-state index contributed by atoms with van der Waals surface area (Å²) in [6, 6.07) is 8.15. The highest BCUT2D eigenvalue weighted by Crippen LogP contribution is 2.42. The van der Waals surface area contributed by atoms with Crippen molar-refractivity contribution < 1.29 is 9.52 Å². The highest BCUT2D eigenvalue weighted by molar-refractivity contribution is 7.21. The van der Waals surface area contributed by atoms with Crippen molar-refractivity contribution in [2.75, 3.05) is 18.4 Å². The second-order valence-corrected chi connectivity index (χ2v) is 7.16. The summed E-state index contributed by atoms with van der Waals surface area (Å²) in [5, 5.41) is 13.8. The number of aliphatic hydroxyl groups is 1. The predicted octanol–water partition coefficient (Wildman–Crippen LogP) is 3.68. The van der Waals surface area contributed by atoms with Gasteiger partial charge in [0, 0.05) is 12.1 Å². The van der Waals surface area contributed by atoms with Gasteiger partial charge in [-0.15, -0.1) is 11.3 Å². The molecular formula is C18H21N3O2S. The molecule has 1 aliphatic rings. The molecule has 0 radical (unpaired) electrons. The molecular weight excluding hydrogens is 322 g/mol. The van der Waals surface area contributed by atoms with E-state index in [1.807, 2.05) is 18.2 Å². The van der Waals surface area contributed by atoms with E-state index in [4.69, 9.17) is 9.40 Å². The van der Waals surface area contributed by atoms with Gasteiger partial charge in [0.15, 0.2) is 0 Å². The van der Waals surface area contributed by atoms with E-state index in [2.05, 4.69) is 23.2 Å². The molecule has 1 aromatic carbocycles. The quantitative estimate of drug-likeness (QED) is 0.708. The van der Waals surface area contributed by atoms with Crippen molar-refractivity contribution in [3.8, 4) is 10.6 Å². The Labute approximate surface area is 144 Å². The number of likely N-dealkylation sites (N-methyl/N-ethyl adjacent to an activating group) is 1. The fourth-order valence-corrected chi connectivity index (χ4v) is 4.26. The minimum atomic E-state index is -0.673. The zero-order chi connectivity index (χ0) is 16.7. The minimum absolute atomic E-state index is 0.631. The Kier molecular flexibility index (Phi) is 4.04. The highest BCUT2D eigenvalue weighted by Gasteiger charge is 2.28. The van der Waals surface area contributed by atoms with Crippen LogP contribution in [0.25, 0.3) is 20.8 Å². The lowest BCUT2D eigenvalue weighted by Crippen LogP contribution is -2.29. The smallest absolute Gasteiger partial charge is 0.205 e. The number of fused-ring (bicyclic) bond motifs is 2. The van der Waals surface area contributed by atoms with Gasteiger partial charge in [0.25, 0.3) is 0 Å². The number of thiazole rings is 1. The van der Waals surface area contributed by atoms with E-state index in [1.54, 1.807) is 18.3 Å². The number of aliphatic hydroxyl groups excluding tert-OH is 1. The molecule has 2 N–H and O–H groups in total. The van der Waals surface area contributed by atoms with Crippen LogP contribution in [0.15, 0.2) is 28.7 Å². The minimum Gasteiger partial charge on any atom is -0.443 e. The van der Waals surface area contributed by atoms with Crippen molar-refractivity contribution in [1.29, 1.82) is 0 Å². The molecule has 1 aliphatic heterocycles.